The van der Waals surface area contributed by atoms with Crippen LogP contribution in [0.3, 0.4) is 0 Å². The molecular formula is C33H38F2O6S2. The lowest BCUT2D eigenvalue weighted by Crippen LogP contribution is -2.29. The van der Waals surface area contributed by atoms with E-state index in [-0.39, 0.29) is 28.3 Å². The van der Waals surface area contributed by atoms with Crippen LogP contribution in [0.2, 0.25) is 0 Å². The summed E-state index contributed by atoms with van der Waals surface area (Å²) in [7, 11) is -1.91. The molecule has 6 nitrogen and oxygen atoms in total. The van der Waals surface area contributed by atoms with Crippen LogP contribution >= 0.6 is 22.4 Å². The van der Waals surface area contributed by atoms with Crippen molar-refractivity contribution in [2.45, 2.75) is 66.9 Å². The molecule has 3 aromatic carbocycles. The van der Waals surface area contributed by atoms with Gasteiger partial charge in [0.15, 0.2) is 0 Å². The van der Waals surface area contributed by atoms with Gasteiger partial charge in [-0.1, -0.05) is 51.0 Å². The van der Waals surface area contributed by atoms with Gasteiger partial charge in [0.1, 0.15) is 23.6 Å². The van der Waals surface area contributed by atoms with Gasteiger partial charge in [0.25, 0.3) is 0 Å². The van der Waals surface area contributed by atoms with E-state index in [4.69, 9.17) is 14.6 Å². The van der Waals surface area contributed by atoms with Crippen molar-refractivity contribution in [2.75, 3.05) is 12.9 Å². The highest BCUT2D eigenvalue weighted by Gasteiger charge is 2.42. The van der Waals surface area contributed by atoms with Crippen molar-refractivity contribution in [1.82, 2.24) is 0 Å². The van der Waals surface area contributed by atoms with Crippen LogP contribution in [0.1, 0.15) is 62.1 Å². The number of thioether (sulfide) groups is 1. The number of benzene rings is 3. The Balaban J connectivity index is 1.93. The zero-order chi connectivity index (χ0) is 31.1. The molecule has 4 rings (SSSR count). The van der Waals surface area contributed by atoms with Crippen molar-refractivity contribution in [2.24, 2.45) is 5.92 Å². The third-order valence-electron chi connectivity index (χ3n) is 7.85. The summed E-state index contributed by atoms with van der Waals surface area (Å²) in [5.41, 5.74) is 2.47. The van der Waals surface area contributed by atoms with Gasteiger partial charge < -0.3 is 14.6 Å². The molecule has 0 aromatic heterocycles. The first-order valence-electron chi connectivity index (χ1n) is 14.3. The number of methoxy groups -OCH3 is 1. The molecule has 1 aliphatic rings. The van der Waals surface area contributed by atoms with E-state index in [1.165, 1.54) is 30.0 Å². The lowest BCUT2D eigenvalue weighted by atomic mass is 9.80. The zero-order valence-corrected chi connectivity index (χ0v) is 26.1. The fourth-order valence-electron chi connectivity index (χ4n) is 5.69. The third-order valence-corrected chi connectivity index (χ3v) is 11.2. The maximum atomic E-state index is 14.0. The first-order valence-corrected chi connectivity index (χ1v) is 16.9. The number of hydrogen-bond acceptors (Lipinski definition) is 6. The SMILES string of the molecule is CCCCC1CC(c2ccc(F)cc2)c2cc(SCC)c(O/C=C(\F)C(=O)O)cc2S(O)(O)C1Cc1ccc(OC)cc1. The minimum atomic E-state index is -3.50. The summed E-state index contributed by atoms with van der Waals surface area (Å²) in [4.78, 5) is 12.0. The smallest absolute Gasteiger partial charge is 0.368 e. The third kappa shape index (κ3) is 7.73. The molecule has 0 amide bonds. The van der Waals surface area contributed by atoms with Crippen LogP contribution in [-0.2, 0) is 11.2 Å². The van der Waals surface area contributed by atoms with Crippen molar-refractivity contribution < 1.29 is 37.3 Å². The van der Waals surface area contributed by atoms with Gasteiger partial charge in [-0.25, -0.2) is 9.18 Å². The molecular weight excluding hydrogens is 594 g/mol. The van der Waals surface area contributed by atoms with Crippen LogP contribution in [0.25, 0.3) is 0 Å². The summed E-state index contributed by atoms with van der Waals surface area (Å²) < 4.78 is 63.2. The van der Waals surface area contributed by atoms with E-state index in [9.17, 15) is 22.7 Å². The Morgan fingerprint density at radius 1 is 1.09 bits per heavy atom. The first kappa shape index (κ1) is 32.9. The monoisotopic (exact) mass is 632 g/mol. The number of carboxylic acids is 1. The quantitative estimate of drug-likeness (QED) is 0.104. The van der Waals surface area contributed by atoms with Crippen LogP contribution in [0, 0.1) is 11.7 Å². The minimum absolute atomic E-state index is 0.0921. The van der Waals surface area contributed by atoms with Crippen LogP contribution in [0.15, 0.2) is 82.5 Å². The second kappa shape index (κ2) is 14.6. The number of rotatable bonds is 12. The largest absolute Gasteiger partial charge is 0.497 e. The van der Waals surface area contributed by atoms with Crippen molar-refractivity contribution in [1.29, 1.82) is 0 Å². The van der Waals surface area contributed by atoms with Crippen LogP contribution in [0.4, 0.5) is 8.78 Å². The average Bonchev–Trinajstić information content (AvgIpc) is 3.08. The Hall–Kier alpha value is -3.05. The molecule has 10 heteroatoms. The molecule has 0 bridgehead atoms. The highest BCUT2D eigenvalue weighted by molar-refractivity contribution is 8.25. The molecule has 1 heterocycles. The van der Waals surface area contributed by atoms with Crippen molar-refractivity contribution in [3.63, 3.8) is 0 Å². The first-order chi connectivity index (χ1) is 20.6. The van der Waals surface area contributed by atoms with Gasteiger partial charge in [-0.3, -0.25) is 9.11 Å². The highest BCUT2D eigenvalue weighted by atomic mass is 32.3. The number of fused-ring (bicyclic) bond motifs is 1. The van der Waals surface area contributed by atoms with Crippen LogP contribution in [-0.4, -0.2) is 38.3 Å². The second-order valence-electron chi connectivity index (χ2n) is 10.6. The van der Waals surface area contributed by atoms with Crippen molar-refractivity contribution in [3.05, 3.63) is 95.3 Å². The summed E-state index contributed by atoms with van der Waals surface area (Å²) in [6, 6.07) is 17.2. The number of aliphatic carboxylic acids is 1. The Kier molecular flexibility index (Phi) is 11.2. The van der Waals surface area contributed by atoms with E-state index in [0.717, 1.165) is 30.4 Å². The molecule has 43 heavy (non-hydrogen) atoms. The van der Waals surface area contributed by atoms with Crippen LogP contribution in [0.5, 0.6) is 11.5 Å². The molecule has 3 aromatic rings. The van der Waals surface area contributed by atoms with Gasteiger partial charge >= 0.3 is 5.97 Å². The Labute approximate surface area is 257 Å². The van der Waals surface area contributed by atoms with Gasteiger partial charge in [0, 0.05) is 12.0 Å². The van der Waals surface area contributed by atoms with E-state index in [0.29, 0.717) is 41.1 Å². The van der Waals surface area contributed by atoms with Gasteiger partial charge in [0.2, 0.25) is 5.83 Å². The predicted molar refractivity (Wildman–Crippen MR) is 168 cm³/mol. The summed E-state index contributed by atoms with van der Waals surface area (Å²) >= 11 is 1.41. The number of hydrogen-bond donors (Lipinski definition) is 3. The van der Waals surface area contributed by atoms with Gasteiger partial charge in [-0.05, 0) is 78.0 Å². The molecule has 0 spiro atoms. The Morgan fingerprint density at radius 2 is 1.79 bits per heavy atom. The van der Waals surface area contributed by atoms with E-state index in [1.54, 1.807) is 19.2 Å². The van der Waals surface area contributed by atoms with Gasteiger partial charge in [-0.15, -0.1) is 11.8 Å². The topological polar surface area (TPSA) is 96.2 Å². The Morgan fingerprint density at radius 3 is 2.40 bits per heavy atom. The number of halogens is 2. The molecule has 3 N–H and O–H groups in total. The van der Waals surface area contributed by atoms with Gasteiger partial charge in [-0.2, -0.15) is 15.0 Å². The van der Waals surface area contributed by atoms with E-state index in [2.05, 4.69) is 6.92 Å². The molecule has 1 aliphatic heterocycles. The molecule has 232 valence electrons. The molecule has 3 atom stereocenters. The summed E-state index contributed by atoms with van der Waals surface area (Å²) in [6.07, 6.45) is 4.13. The summed E-state index contributed by atoms with van der Waals surface area (Å²) in [6.45, 7) is 4.03. The highest BCUT2D eigenvalue weighted by Crippen LogP contribution is 2.64. The minimum Gasteiger partial charge on any atom is -0.497 e. The summed E-state index contributed by atoms with van der Waals surface area (Å²) in [5, 5.41) is 8.44. The Bertz CT molecular complexity index is 1430. The van der Waals surface area contributed by atoms with Gasteiger partial charge in [0.05, 0.1) is 22.2 Å². The van der Waals surface area contributed by atoms with E-state index in [1.807, 2.05) is 37.3 Å². The number of ether oxygens (including phenoxy) is 2. The standard InChI is InChI=1S/C33H38F2O6S2/c1-4-6-7-23-17-26(22-10-12-24(34)13-11-22)27-18-30(42-5-2)29(41-20-28(35)33(36)37)19-32(27)43(38,39)31(23)16-21-8-14-25(40-3)15-9-21/h8-15,18-20,23,26,31,38-39H,4-7,16-17H2,1-3H3,(H,36,37)/b28-20-. The molecule has 0 saturated heterocycles. The molecule has 0 fully saturated rings. The van der Waals surface area contributed by atoms with Crippen molar-refractivity contribution >= 4 is 28.3 Å². The lowest BCUT2D eigenvalue weighted by Gasteiger charge is -2.43. The maximum absolute atomic E-state index is 14.0. The van der Waals surface area contributed by atoms with Crippen molar-refractivity contribution in [3.8, 4) is 11.5 Å². The number of unbranched alkanes of at least 4 members (excludes halogenated alkanes) is 1. The maximum Gasteiger partial charge on any atom is 0.368 e. The molecule has 0 radical (unpaired) electrons. The second-order valence-corrected chi connectivity index (χ2v) is 14.1. The van der Waals surface area contributed by atoms with E-state index < -0.39 is 27.6 Å². The zero-order valence-electron chi connectivity index (χ0n) is 24.5. The average molecular weight is 633 g/mol. The molecule has 3 unspecified atom stereocenters. The molecule has 0 aliphatic carbocycles. The fraction of sp³-hybridized carbons (Fsp3) is 0.364. The van der Waals surface area contributed by atoms with Crippen LogP contribution < -0.4 is 9.47 Å². The normalized spacial score (nSPS) is 20.5. The fourth-order valence-corrected chi connectivity index (χ4v) is 8.82. The number of carboxylic acid groups (broad SMARTS) is 1. The predicted octanol–water partition coefficient (Wildman–Crippen LogP) is 9.28. The lowest BCUT2D eigenvalue weighted by molar-refractivity contribution is -0.134. The molecule has 0 saturated carbocycles. The number of carbonyl (C=O) groups is 1. The summed E-state index contributed by atoms with van der Waals surface area (Å²) in [5.74, 6) is -2.50. The van der Waals surface area contributed by atoms with E-state index >= 15 is 0 Å².